The lowest BCUT2D eigenvalue weighted by atomic mass is 9.92. The molecule has 0 saturated heterocycles. The van der Waals surface area contributed by atoms with Gasteiger partial charge >= 0.3 is 5.97 Å². The Morgan fingerprint density at radius 3 is 2.75 bits per heavy atom. The van der Waals surface area contributed by atoms with Gasteiger partial charge in [0.05, 0.1) is 13.5 Å². The summed E-state index contributed by atoms with van der Waals surface area (Å²) in [6.07, 6.45) is 0.826. The highest BCUT2D eigenvalue weighted by Gasteiger charge is 2.35. The van der Waals surface area contributed by atoms with Crippen LogP contribution in [0.4, 0.5) is 0 Å². The normalized spacial score (nSPS) is 16.4. The smallest absolute Gasteiger partial charge is 0.331 e. The minimum absolute atomic E-state index is 0.156. The minimum Gasteiger partial charge on any atom is -0.497 e. The minimum atomic E-state index is -0.999. The van der Waals surface area contributed by atoms with Crippen molar-refractivity contribution in [3.8, 4) is 5.75 Å². The van der Waals surface area contributed by atoms with Crippen molar-refractivity contribution in [1.29, 1.82) is 0 Å². The Hall–Kier alpha value is -2.82. The van der Waals surface area contributed by atoms with Crippen molar-refractivity contribution in [2.75, 3.05) is 13.7 Å². The Morgan fingerprint density at radius 2 is 2.00 bits per heavy atom. The van der Waals surface area contributed by atoms with Gasteiger partial charge in [-0.05, 0) is 35.2 Å². The van der Waals surface area contributed by atoms with Crippen LogP contribution >= 0.6 is 0 Å². The quantitative estimate of drug-likeness (QED) is 0.937. The largest absolute Gasteiger partial charge is 0.497 e. The summed E-state index contributed by atoms with van der Waals surface area (Å²) < 4.78 is 5.17. The molecule has 5 heteroatoms. The van der Waals surface area contributed by atoms with Crippen LogP contribution in [0.5, 0.6) is 5.75 Å². The number of carboxylic acids is 1. The Kier molecular flexibility index (Phi) is 4.51. The molecule has 1 heterocycles. The molecule has 24 heavy (non-hydrogen) atoms. The third kappa shape index (κ3) is 3.11. The monoisotopic (exact) mass is 325 g/mol. The van der Waals surface area contributed by atoms with Crippen LogP contribution < -0.4 is 4.74 Å². The number of methoxy groups -OCH3 is 1. The maximum absolute atomic E-state index is 12.7. The molecule has 0 aliphatic carbocycles. The van der Waals surface area contributed by atoms with Crippen molar-refractivity contribution in [3.05, 3.63) is 65.2 Å². The molecule has 124 valence electrons. The maximum Gasteiger partial charge on any atom is 0.331 e. The molecule has 0 bridgehead atoms. The number of hydrogen-bond donors (Lipinski definition) is 1. The van der Waals surface area contributed by atoms with Crippen LogP contribution in [0.25, 0.3) is 0 Å². The first-order chi connectivity index (χ1) is 11.6. The molecule has 1 amide bonds. The second-order valence-corrected chi connectivity index (χ2v) is 5.81. The summed E-state index contributed by atoms with van der Waals surface area (Å²) in [5.74, 6) is -0.509. The van der Waals surface area contributed by atoms with Crippen LogP contribution in [0.1, 0.15) is 22.7 Å². The zero-order chi connectivity index (χ0) is 17.1. The van der Waals surface area contributed by atoms with Gasteiger partial charge in [0.1, 0.15) is 5.75 Å². The lowest BCUT2D eigenvalue weighted by Gasteiger charge is -2.34. The van der Waals surface area contributed by atoms with Crippen LogP contribution in [0, 0.1) is 0 Å². The lowest BCUT2D eigenvalue weighted by molar-refractivity contribution is -0.151. The van der Waals surface area contributed by atoms with Crippen molar-refractivity contribution in [3.63, 3.8) is 0 Å². The summed E-state index contributed by atoms with van der Waals surface area (Å²) in [5, 5.41) is 9.64. The van der Waals surface area contributed by atoms with Gasteiger partial charge in [0.2, 0.25) is 5.91 Å². The van der Waals surface area contributed by atoms with E-state index in [9.17, 15) is 14.7 Å². The third-order valence-corrected chi connectivity index (χ3v) is 4.33. The molecule has 0 aromatic heterocycles. The van der Waals surface area contributed by atoms with Crippen molar-refractivity contribution < 1.29 is 19.4 Å². The van der Waals surface area contributed by atoms with Gasteiger partial charge in [0, 0.05) is 6.54 Å². The number of nitrogens with zero attached hydrogens (tertiary/aromatic N) is 1. The van der Waals surface area contributed by atoms with E-state index in [1.165, 1.54) is 4.90 Å². The molecular weight excluding hydrogens is 306 g/mol. The van der Waals surface area contributed by atoms with Crippen LogP contribution in [-0.2, 0) is 22.4 Å². The van der Waals surface area contributed by atoms with Gasteiger partial charge in [-0.1, -0.05) is 36.4 Å². The molecule has 2 aromatic carbocycles. The number of carbonyl (C=O) groups is 2. The van der Waals surface area contributed by atoms with Gasteiger partial charge in [0.15, 0.2) is 6.04 Å². The van der Waals surface area contributed by atoms with Gasteiger partial charge in [-0.2, -0.15) is 0 Å². The SMILES string of the molecule is COc1cccc(CC(=O)N2CCc3ccccc3C2C(=O)O)c1. The molecular formula is C19H19NO4. The van der Waals surface area contributed by atoms with Crippen LogP contribution in [0.2, 0.25) is 0 Å². The molecule has 0 spiro atoms. The van der Waals surface area contributed by atoms with Crippen LogP contribution in [0.3, 0.4) is 0 Å². The molecule has 1 aliphatic rings. The Labute approximate surface area is 140 Å². The van der Waals surface area contributed by atoms with Gasteiger partial charge in [0.25, 0.3) is 0 Å². The zero-order valence-electron chi connectivity index (χ0n) is 13.4. The Balaban J connectivity index is 1.85. The zero-order valence-corrected chi connectivity index (χ0v) is 13.4. The van der Waals surface area contributed by atoms with E-state index in [0.29, 0.717) is 24.3 Å². The second kappa shape index (κ2) is 6.74. The number of fused-ring (bicyclic) bond motifs is 1. The summed E-state index contributed by atoms with van der Waals surface area (Å²) in [5.41, 5.74) is 2.51. The number of amides is 1. The van der Waals surface area contributed by atoms with Gasteiger partial charge in [-0.25, -0.2) is 4.79 Å². The summed E-state index contributed by atoms with van der Waals surface area (Å²) in [6, 6.07) is 13.8. The molecule has 3 rings (SSSR count). The van der Waals surface area contributed by atoms with E-state index < -0.39 is 12.0 Å². The molecule has 2 aromatic rings. The number of hydrogen-bond acceptors (Lipinski definition) is 3. The number of aliphatic carboxylic acids is 1. The van der Waals surface area contributed by atoms with Crippen molar-refractivity contribution in [2.24, 2.45) is 0 Å². The molecule has 1 unspecified atom stereocenters. The number of benzene rings is 2. The van der Waals surface area contributed by atoms with E-state index in [2.05, 4.69) is 0 Å². The highest BCUT2D eigenvalue weighted by molar-refractivity contribution is 5.86. The second-order valence-electron chi connectivity index (χ2n) is 5.81. The maximum atomic E-state index is 12.7. The average molecular weight is 325 g/mol. The van der Waals surface area contributed by atoms with E-state index >= 15 is 0 Å². The summed E-state index contributed by atoms with van der Waals surface area (Å²) in [6.45, 7) is 0.413. The fourth-order valence-electron chi connectivity index (χ4n) is 3.16. The summed E-state index contributed by atoms with van der Waals surface area (Å²) in [4.78, 5) is 25.9. The molecule has 1 atom stereocenters. The van der Waals surface area contributed by atoms with Crippen molar-refractivity contribution in [1.82, 2.24) is 4.90 Å². The van der Waals surface area contributed by atoms with Crippen molar-refractivity contribution >= 4 is 11.9 Å². The van der Waals surface area contributed by atoms with E-state index in [0.717, 1.165) is 11.1 Å². The molecule has 0 saturated carbocycles. The average Bonchev–Trinajstić information content (AvgIpc) is 2.60. The fraction of sp³-hybridized carbons (Fsp3) is 0.263. The van der Waals surface area contributed by atoms with E-state index in [4.69, 9.17) is 4.74 Å². The first-order valence-electron chi connectivity index (χ1n) is 7.83. The van der Waals surface area contributed by atoms with Gasteiger partial charge in [-0.3, -0.25) is 4.79 Å². The lowest BCUT2D eigenvalue weighted by Crippen LogP contribution is -2.44. The number of carbonyl (C=O) groups excluding carboxylic acids is 1. The number of carboxylic acid groups (broad SMARTS) is 1. The predicted octanol–water partition coefficient (Wildman–Crippen LogP) is 2.45. The predicted molar refractivity (Wildman–Crippen MR) is 88.9 cm³/mol. The van der Waals surface area contributed by atoms with Gasteiger partial charge < -0.3 is 14.7 Å². The topological polar surface area (TPSA) is 66.8 Å². The van der Waals surface area contributed by atoms with Gasteiger partial charge in [-0.15, -0.1) is 0 Å². The Morgan fingerprint density at radius 1 is 1.21 bits per heavy atom. The first kappa shape index (κ1) is 16.1. The molecule has 0 radical (unpaired) electrons. The standard InChI is InChI=1S/C19H19NO4/c1-24-15-7-4-5-13(11-15)12-17(21)20-10-9-14-6-2-3-8-16(14)18(20)19(22)23/h2-8,11,18H,9-10,12H2,1H3,(H,22,23). The highest BCUT2D eigenvalue weighted by Crippen LogP contribution is 2.30. The summed E-state index contributed by atoms with van der Waals surface area (Å²) in [7, 11) is 1.57. The summed E-state index contributed by atoms with van der Waals surface area (Å²) >= 11 is 0. The van der Waals surface area contributed by atoms with E-state index in [-0.39, 0.29) is 12.3 Å². The van der Waals surface area contributed by atoms with Crippen LogP contribution in [0.15, 0.2) is 48.5 Å². The van der Waals surface area contributed by atoms with Crippen molar-refractivity contribution in [2.45, 2.75) is 18.9 Å². The third-order valence-electron chi connectivity index (χ3n) is 4.33. The molecule has 1 aliphatic heterocycles. The molecule has 5 nitrogen and oxygen atoms in total. The Bertz CT molecular complexity index is 771. The first-order valence-corrected chi connectivity index (χ1v) is 7.83. The highest BCUT2D eigenvalue weighted by atomic mass is 16.5. The van der Waals surface area contributed by atoms with E-state index in [1.54, 1.807) is 19.2 Å². The fourth-order valence-corrected chi connectivity index (χ4v) is 3.16. The van der Waals surface area contributed by atoms with Crippen LogP contribution in [-0.4, -0.2) is 35.5 Å². The number of rotatable bonds is 4. The molecule has 1 N–H and O–H groups in total. The van der Waals surface area contributed by atoms with E-state index in [1.807, 2.05) is 36.4 Å². The number of ether oxygens (including phenoxy) is 1. The molecule has 0 fully saturated rings.